The Labute approximate surface area is 57.4 Å². The lowest BCUT2D eigenvalue weighted by molar-refractivity contribution is 0.445. The summed E-state index contributed by atoms with van der Waals surface area (Å²) in [7, 11) is 0. The van der Waals surface area contributed by atoms with Crippen molar-refractivity contribution < 1.29 is 0 Å². The molecule has 1 nitrogen and oxygen atoms in total. The van der Waals surface area contributed by atoms with E-state index < -0.39 is 0 Å². The number of hydrogen-bond acceptors (Lipinski definition) is 1. The van der Waals surface area contributed by atoms with Crippen molar-refractivity contribution in [2.75, 3.05) is 13.1 Å². The molecule has 1 saturated heterocycles. The predicted molar refractivity (Wildman–Crippen MR) is 38.9 cm³/mol. The molecule has 1 heteroatoms. The molecule has 0 aliphatic carbocycles. The van der Waals surface area contributed by atoms with Crippen LogP contribution in [0.5, 0.6) is 0 Å². The number of likely N-dealkylation sites (tertiary alicyclic amines) is 1. The van der Waals surface area contributed by atoms with Crippen LogP contribution in [0.3, 0.4) is 0 Å². The van der Waals surface area contributed by atoms with Gasteiger partial charge in [0.1, 0.15) is 0 Å². The van der Waals surface area contributed by atoms with E-state index in [1.54, 1.807) is 0 Å². The van der Waals surface area contributed by atoms with Gasteiger partial charge in [0.25, 0.3) is 0 Å². The molecule has 0 aromatic rings. The molecule has 51 valence electrons. The highest BCUT2D eigenvalue weighted by atomic mass is 15.1. The van der Waals surface area contributed by atoms with E-state index in [1.807, 2.05) is 0 Å². The summed E-state index contributed by atoms with van der Waals surface area (Å²) in [6.45, 7) is 4.58. The molecule has 0 bridgehead atoms. The van der Waals surface area contributed by atoms with E-state index in [4.69, 9.17) is 0 Å². The lowest BCUT2D eigenvalue weighted by Crippen LogP contribution is -2.10. The summed E-state index contributed by atoms with van der Waals surface area (Å²) in [5.41, 5.74) is 0. The van der Waals surface area contributed by atoms with Crippen LogP contribution in [0.2, 0.25) is 0 Å². The SMILES string of the molecule is CC/C=[C]\N1CCCC1. The van der Waals surface area contributed by atoms with E-state index in [1.165, 1.54) is 25.9 Å². The zero-order chi connectivity index (χ0) is 6.53. The third-order valence-electron chi connectivity index (χ3n) is 1.58. The van der Waals surface area contributed by atoms with Crippen LogP contribution in [0.25, 0.3) is 0 Å². The molecule has 0 saturated carbocycles. The maximum Gasteiger partial charge on any atom is 0.0560 e. The van der Waals surface area contributed by atoms with Gasteiger partial charge in [-0.3, -0.25) is 0 Å². The third kappa shape index (κ3) is 2.08. The topological polar surface area (TPSA) is 3.24 Å². The first-order valence-electron chi connectivity index (χ1n) is 3.76. The molecule has 1 radical (unpaired) electrons. The minimum Gasteiger partial charge on any atom is -0.370 e. The van der Waals surface area contributed by atoms with Gasteiger partial charge >= 0.3 is 0 Å². The fourth-order valence-electron chi connectivity index (χ4n) is 1.07. The van der Waals surface area contributed by atoms with Crippen molar-refractivity contribution in [3.8, 4) is 0 Å². The summed E-state index contributed by atoms with van der Waals surface area (Å²) in [4.78, 5) is 2.27. The van der Waals surface area contributed by atoms with E-state index in [9.17, 15) is 0 Å². The van der Waals surface area contributed by atoms with Crippen molar-refractivity contribution in [3.05, 3.63) is 12.3 Å². The lowest BCUT2D eigenvalue weighted by Gasteiger charge is -2.07. The molecule has 1 rings (SSSR count). The summed E-state index contributed by atoms with van der Waals surface area (Å²) in [5, 5.41) is 0. The maximum atomic E-state index is 3.24. The van der Waals surface area contributed by atoms with Crippen molar-refractivity contribution in [3.63, 3.8) is 0 Å². The lowest BCUT2D eigenvalue weighted by atomic mass is 10.4. The van der Waals surface area contributed by atoms with Gasteiger partial charge in [-0.05, 0) is 19.3 Å². The summed E-state index contributed by atoms with van der Waals surface area (Å²) in [5.74, 6) is 0. The van der Waals surface area contributed by atoms with Gasteiger partial charge in [0.05, 0.1) is 6.20 Å². The zero-order valence-electron chi connectivity index (χ0n) is 6.06. The van der Waals surface area contributed by atoms with Gasteiger partial charge in [0.15, 0.2) is 0 Å². The molecular formula is C8H14N. The highest BCUT2D eigenvalue weighted by molar-refractivity contribution is 4.76. The van der Waals surface area contributed by atoms with Gasteiger partial charge in [-0.15, -0.1) is 0 Å². The van der Waals surface area contributed by atoms with Gasteiger partial charge < -0.3 is 4.90 Å². The molecule has 1 fully saturated rings. The Kier molecular flexibility index (Phi) is 2.62. The van der Waals surface area contributed by atoms with Crippen LogP contribution in [0, 0.1) is 6.20 Å². The van der Waals surface area contributed by atoms with E-state index in [0.717, 1.165) is 6.42 Å². The molecular weight excluding hydrogens is 110 g/mol. The van der Waals surface area contributed by atoms with Gasteiger partial charge in [-0.25, -0.2) is 0 Å². The highest BCUT2D eigenvalue weighted by Crippen LogP contribution is 2.06. The maximum absolute atomic E-state index is 3.24. The van der Waals surface area contributed by atoms with Gasteiger partial charge in [-0.1, -0.05) is 13.0 Å². The fraction of sp³-hybridized carbons (Fsp3) is 0.750. The quantitative estimate of drug-likeness (QED) is 0.542. The number of rotatable bonds is 2. The standard InChI is InChI=1S/C8H14N/c1-2-3-6-9-7-4-5-8-9/h3H,2,4-5,7-8H2,1H3. The normalized spacial score (nSPS) is 19.9. The summed E-state index contributed by atoms with van der Waals surface area (Å²) >= 11 is 0. The molecule has 0 spiro atoms. The molecule has 0 aromatic heterocycles. The molecule has 1 aliphatic heterocycles. The second-order valence-electron chi connectivity index (χ2n) is 2.44. The first kappa shape index (κ1) is 6.66. The fourth-order valence-corrected chi connectivity index (χ4v) is 1.07. The molecule has 0 aromatic carbocycles. The molecule has 0 amide bonds. The van der Waals surface area contributed by atoms with Crippen LogP contribution < -0.4 is 0 Å². The zero-order valence-corrected chi connectivity index (χ0v) is 6.06. The smallest absolute Gasteiger partial charge is 0.0560 e. The van der Waals surface area contributed by atoms with E-state index >= 15 is 0 Å². The third-order valence-corrected chi connectivity index (χ3v) is 1.58. The van der Waals surface area contributed by atoms with Gasteiger partial charge in [0.2, 0.25) is 0 Å². The highest BCUT2D eigenvalue weighted by Gasteiger charge is 2.05. The Balaban J connectivity index is 2.18. The van der Waals surface area contributed by atoms with E-state index in [-0.39, 0.29) is 0 Å². The monoisotopic (exact) mass is 124 g/mol. The first-order chi connectivity index (χ1) is 4.43. The van der Waals surface area contributed by atoms with E-state index in [0.29, 0.717) is 0 Å². The Morgan fingerprint density at radius 1 is 1.44 bits per heavy atom. The van der Waals surface area contributed by atoms with Crippen LogP contribution in [0.15, 0.2) is 6.08 Å². The van der Waals surface area contributed by atoms with Crippen LogP contribution in [-0.4, -0.2) is 18.0 Å². The Bertz CT molecular complexity index is 90.7. The second kappa shape index (κ2) is 3.54. The molecule has 9 heavy (non-hydrogen) atoms. The number of allylic oxidation sites excluding steroid dienone is 1. The minimum absolute atomic E-state index is 1.11. The molecule has 0 atom stereocenters. The Morgan fingerprint density at radius 2 is 2.11 bits per heavy atom. The number of nitrogens with zero attached hydrogens (tertiary/aromatic N) is 1. The summed E-state index contributed by atoms with van der Waals surface area (Å²) in [6.07, 6.45) is 9.15. The summed E-state index contributed by atoms with van der Waals surface area (Å²) in [6, 6.07) is 0. The van der Waals surface area contributed by atoms with Gasteiger partial charge in [0, 0.05) is 13.1 Å². The molecule has 1 aliphatic rings. The second-order valence-corrected chi connectivity index (χ2v) is 2.44. The average molecular weight is 124 g/mol. The average Bonchev–Trinajstić information content (AvgIpc) is 2.34. The molecule has 1 heterocycles. The Hall–Kier alpha value is -0.460. The van der Waals surface area contributed by atoms with Crippen molar-refractivity contribution in [1.29, 1.82) is 0 Å². The summed E-state index contributed by atoms with van der Waals surface area (Å²) < 4.78 is 0. The van der Waals surface area contributed by atoms with Crippen molar-refractivity contribution in [2.24, 2.45) is 0 Å². The largest absolute Gasteiger partial charge is 0.370 e. The van der Waals surface area contributed by atoms with Crippen LogP contribution in [0.1, 0.15) is 26.2 Å². The number of hydrogen-bond donors (Lipinski definition) is 0. The van der Waals surface area contributed by atoms with Crippen LogP contribution in [0.4, 0.5) is 0 Å². The van der Waals surface area contributed by atoms with Crippen LogP contribution >= 0.6 is 0 Å². The first-order valence-corrected chi connectivity index (χ1v) is 3.76. The molecule has 0 N–H and O–H groups in total. The van der Waals surface area contributed by atoms with Crippen molar-refractivity contribution in [1.82, 2.24) is 4.90 Å². The predicted octanol–water partition coefficient (Wildman–Crippen LogP) is 1.81. The van der Waals surface area contributed by atoms with Gasteiger partial charge in [-0.2, -0.15) is 0 Å². The molecule has 0 unspecified atom stereocenters. The minimum atomic E-state index is 1.11. The van der Waals surface area contributed by atoms with Crippen LogP contribution in [-0.2, 0) is 0 Å². The van der Waals surface area contributed by atoms with Crippen molar-refractivity contribution >= 4 is 0 Å². The Morgan fingerprint density at radius 3 is 2.67 bits per heavy atom. The van der Waals surface area contributed by atoms with Crippen molar-refractivity contribution in [2.45, 2.75) is 26.2 Å². The van der Waals surface area contributed by atoms with E-state index in [2.05, 4.69) is 24.1 Å².